The quantitative estimate of drug-likeness (QED) is 0.757. The van der Waals surface area contributed by atoms with Crippen molar-refractivity contribution in [2.24, 2.45) is 0 Å². The smallest absolute Gasteiger partial charge is 0.412 e. The summed E-state index contributed by atoms with van der Waals surface area (Å²) in [5, 5.41) is 2.55. The Kier molecular flexibility index (Phi) is 7.50. The van der Waals surface area contributed by atoms with Crippen molar-refractivity contribution >= 4 is 18.0 Å². The largest absolute Gasteiger partial charge is 0.444 e. The van der Waals surface area contributed by atoms with Crippen molar-refractivity contribution in [1.29, 1.82) is 0 Å². The fourth-order valence-corrected chi connectivity index (χ4v) is 2.87. The number of alkyl carbamates (subject to hydrolysis) is 1. The van der Waals surface area contributed by atoms with Gasteiger partial charge in [-0.25, -0.2) is 9.59 Å². The van der Waals surface area contributed by atoms with Gasteiger partial charge >= 0.3 is 12.2 Å². The zero-order valence-electron chi connectivity index (χ0n) is 18.7. The first-order valence-electron chi connectivity index (χ1n) is 9.70. The molecule has 8 nitrogen and oxygen atoms in total. The number of amides is 2. The van der Waals surface area contributed by atoms with Crippen LogP contribution in [0.5, 0.6) is 0 Å². The number of hydrogen-bond donors (Lipinski definition) is 1. The van der Waals surface area contributed by atoms with Gasteiger partial charge < -0.3 is 19.5 Å². The summed E-state index contributed by atoms with van der Waals surface area (Å²) in [6.07, 6.45) is -0.483. The van der Waals surface area contributed by atoms with Crippen molar-refractivity contribution in [1.82, 2.24) is 10.2 Å². The van der Waals surface area contributed by atoms with Crippen LogP contribution in [-0.2, 0) is 19.0 Å². The van der Waals surface area contributed by atoms with E-state index in [0.29, 0.717) is 13.0 Å². The molecule has 1 saturated heterocycles. The topological polar surface area (TPSA) is 94.2 Å². The molecule has 28 heavy (non-hydrogen) atoms. The predicted molar refractivity (Wildman–Crippen MR) is 105 cm³/mol. The van der Waals surface area contributed by atoms with Crippen LogP contribution in [0, 0.1) is 0 Å². The second-order valence-corrected chi connectivity index (χ2v) is 9.63. The molecule has 0 aliphatic carbocycles. The third kappa shape index (κ3) is 7.66. The summed E-state index contributed by atoms with van der Waals surface area (Å²) in [7, 11) is 0. The third-order valence-electron chi connectivity index (χ3n) is 4.10. The van der Waals surface area contributed by atoms with Gasteiger partial charge in [0.2, 0.25) is 0 Å². The van der Waals surface area contributed by atoms with E-state index in [1.165, 1.54) is 0 Å². The van der Waals surface area contributed by atoms with E-state index >= 15 is 0 Å². The van der Waals surface area contributed by atoms with Gasteiger partial charge in [-0.05, 0) is 68.7 Å². The summed E-state index contributed by atoms with van der Waals surface area (Å²) in [6, 6.07) is -0.956. The molecular formula is C20H36N2O6. The van der Waals surface area contributed by atoms with E-state index < -0.39 is 35.2 Å². The van der Waals surface area contributed by atoms with Crippen molar-refractivity contribution in [3.05, 3.63) is 0 Å². The van der Waals surface area contributed by atoms with Crippen molar-refractivity contribution in [3.63, 3.8) is 0 Å². The highest BCUT2D eigenvalue weighted by atomic mass is 16.6. The maximum atomic E-state index is 12.6. The molecule has 1 rings (SSSR count). The fraction of sp³-hybridized carbons (Fsp3) is 0.850. The lowest BCUT2D eigenvalue weighted by atomic mass is 10.0. The van der Waals surface area contributed by atoms with E-state index in [2.05, 4.69) is 5.32 Å². The molecule has 0 aromatic carbocycles. The van der Waals surface area contributed by atoms with E-state index in [0.717, 1.165) is 0 Å². The first-order chi connectivity index (χ1) is 12.5. The van der Waals surface area contributed by atoms with E-state index in [9.17, 15) is 14.4 Å². The number of ether oxygens (including phenoxy) is 3. The molecule has 162 valence electrons. The Labute approximate surface area is 168 Å². The van der Waals surface area contributed by atoms with Gasteiger partial charge in [0.05, 0.1) is 18.7 Å². The first kappa shape index (κ1) is 24.2. The molecule has 0 radical (unpaired) electrons. The Bertz CT molecular complexity index is 588. The second kappa shape index (κ2) is 8.68. The first-order valence-corrected chi connectivity index (χ1v) is 9.70. The normalized spacial score (nSPS) is 20.5. The number of rotatable bonds is 5. The Morgan fingerprint density at radius 2 is 1.64 bits per heavy atom. The fourth-order valence-electron chi connectivity index (χ4n) is 2.87. The lowest BCUT2D eigenvalue weighted by Gasteiger charge is -2.35. The summed E-state index contributed by atoms with van der Waals surface area (Å²) in [5.41, 5.74) is -2.06. The lowest BCUT2D eigenvalue weighted by molar-refractivity contribution is -0.121. The number of ketones is 1. The molecule has 8 heteroatoms. The van der Waals surface area contributed by atoms with Crippen molar-refractivity contribution in [2.45, 2.75) is 104 Å². The average molecular weight is 401 g/mol. The Balaban J connectivity index is 2.65. The molecule has 0 spiro atoms. The highest BCUT2D eigenvalue weighted by molar-refractivity contribution is 5.87. The van der Waals surface area contributed by atoms with Crippen LogP contribution in [0.1, 0.15) is 75.2 Å². The van der Waals surface area contributed by atoms with Gasteiger partial charge in [-0.2, -0.15) is 0 Å². The van der Waals surface area contributed by atoms with E-state index in [4.69, 9.17) is 14.2 Å². The zero-order chi connectivity index (χ0) is 21.9. The maximum Gasteiger partial charge on any atom is 0.412 e. The predicted octanol–water partition coefficient (Wildman–Crippen LogP) is 3.62. The molecule has 1 aliphatic rings. The van der Waals surface area contributed by atoms with Crippen LogP contribution in [-0.4, -0.2) is 58.5 Å². The number of Topliss-reactive ketones (excluding diaryl/α,β-unsaturated/α-hetero) is 1. The minimum Gasteiger partial charge on any atom is -0.444 e. The number of carbonyl (C=O) groups excluding carboxylic acids is 3. The van der Waals surface area contributed by atoms with Crippen molar-refractivity contribution in [2.75, 3.05) is 6.61 Å². The summed E-state index contributed by atoms with van der Waals surface area (Å²) in [5.74, 6) is -0.139. The van der Waals surface area contributed by atoms with E-state index in [1.54, 1.807) is 67.2 Å². The highest BCUT2D eigenvalue weighted by Crippen LogP contribution is 2.31. The molecule has 1 fully saturated rings. The lowest BCUT2D eigenvalue weighted by Crippen LogP contribution is -2.50. The SMILES string of the molecule is C[C@H](NC(=O)OC(C)(C)C)C(=O)CC[C@@H]1COC(C)(C)N1C(=O)OC(C)(C)C. The molecule has 0 aromatic rings. The van der Waals surface area contributed by atoms with Gasteiger partial charge in [-0.1, -0.05) is 0 Å². The minimum atomic E-state index is -0.809. The molecule has 0 saturated carbocycles. The molecule has 2 amide bonds. The molecule has 1 N–H and O–H groups in total. The summed E-state index contributed by atoms with van der Waals surface area (Å²) < 4.78 is 16.4. The van der Waals surface area contributed by atoms with Crippen LogP contribution in [0.3, 0.4) is 0 Å². The molecule has 0 bridgehead atoms. The molecule has 0 aromatic heterocycles. The number of nitrogens with one attached hydrogen (secondary N) is 1. The maximum absolute atomic E-state index is 12.6. The monoisotopic (exact) mass is 400 g/mol. The summed E-state index contributed by atoms with van der Waals surface area (Å²) in [4.78, 5) is 38.4. The van der Waals surface area contributed by atoms with Crippen LogP contribution in [0.15, 0.2) is 0 Å². The van der Waals surface area contributed by atoms with Gasteiger partial charge in [0.25, 0.3) is 0 Å². The van der Waals surface area contributed by atoms with Gasteiger partial charge in [-0.15, -0.1) is 0 Å². The van der Waals surface area contributed by atoms with Gasteiger partial charge in [0, 0.05) is 6.42 Å². The average Bonchev–Trinajstić information content (AvgIpc) is 2.75. The van der Waals surface area contributed by atoms with Crippen molar-refractivity contribution < 1.29 is 28.6 Å². The van der Waals surface area contributed by atoms with Crippen LogP contribution >= 0.6 is 0 Å². The second-order valence-electron chi connectivity index (χ2n) is 9.63. The van der Waals surface area contributed by atoms with Gasteiger partial charge in [0.1, 0.15) is 16.9 Å². The highest BCUT2D eigenvalue weighted by Gasteiger charge is 2.45. The van der Waals surface area contributed by atoms with Crippen LogP contribution in [0.25, 0.3) is 0 Å². The Hall–Kier alpha value is -1.83. The third-order valence-corrected chi connectivity index (χ3v) is 4.10. The standard InChI is InChI=1S/C20H36N2O6/c1-13(21-16(24)27-18(2,3)4)15(23)11-10-14-12-26-20(8,9)22(14)17(25)28-19(5,6)7/h13-14H,10-12H2,1-9H3,(H,21,24)/t13-,14+/m0/s1. The van der Waals surface area contributed by atoms with Crippen LogP contribution in [0.4, 0.5) is 9.59 Å². The zero-order valence-corrected chi connectivity index (χ0v) is 18.7. The number of carbonyl (C=O) groups is 3. The Morgan fingerprint density at radius 3 is 2.14 bits per heavy atom. The summed E-state index contributed by atoms with van der Waals surface area (Å²) in [6.45, 7) is 16.2. The molecule has 1 aliphatic heterocycles. The van der Waals surface area contributed by atoms with Crippen molar-refractivity contribution in [3.8, 4) is 0 Å². The van der Waals surface area contributed by atoms with E-state index in [1.807, 2.05) is 0 Å². The summed E-state index contributed by atoms with van der Waals surface area (Å²) >= 11 is 0. The minimum absolute atomic E-state index is 0.139. The molecule has 1 heterocycles. The number of nitrogens with zero attached hydrogens (tertiary/aromatic N) is 1. The molecular weight excluding hydrogens is 364 g/mol. The molecule has 0 unspecified atom stereocenters. The van der Waals surface area contributed by atoms with E-state index in [-0.39, 0.29) is 18.2 Å². The molecule has 2 atom stereocenters. The van der Waals surface area contributed by atoms with Crippen LogP contribution < -0.4 is 5.32 Å². The van der Waals surface area contributed by atoms with Gasteiger partial charge in [0.15, 0.2) is 5.78 Å². The number of hydrogen-bond acceptors (Lipinski definition) is 6. The Morgan fingerprint density at radius 1 is 1.11 bits per heavy atom. The van der Waals surface area contributed by atoms with Gasteiger partial charge in [-0.3, -0.25) is 9.69 Å². The van der Waals surface area contributed by atoms with Crippen LogP contribution in [0.2, 0.25) is 0 Å².